The van der Waals surface area contributed by atoms with Gasteiger partial charge in [0.15, 0.2) is 4.80 Å². The van der Waals surface area contributed by atoms with Gasteiger partial charge in [-0.05, 0) is 12.1 Å². The number of nitrogens with zero attached hydrogens (tertiary/aromatic N) is 4. The number of halogens is 1. The Kier molecular flexibility index (Phi) is 4.30. The molecule has 0 aliphatic carbocycles. The van der Waals surface area contributed by atoms with E-state index in [0.29, 0.717) is 21.6 Å². The molecule has 0 radical (unpaired) electrons. The van der Waals surface area contributed by atoms with E-state index in [-0.39, 0.29) is 17.3 Å². The number of benzene rings is 1. The fourth-order valence-corrected chi connectivity index (χ4v) is 3.44. The first-order valence-electron chi connectivity index (χ1n) is 7.10. The van der Waals surface area contributed by atoms with Crippen molar-refractivity contribution < 1.29 is 13.9 Å². The molecular formula is C16H15FN4O2S. The van der Waals surface area contributed by atoms with E-state index in [0.717, 1.165) is 0 Å². The Hall–Kier alpha value is -2.74. The molecule has 1 amide bonds. The van der Waals surface area contributed by atoms with Crippen molar-refractivity contribution in [3.05, 3.63) is 53.2 Å². The lowest BCUT2D eigenvalue weighted by Crippen LogP contribution is -2.16. The summed E-state index contributed by atoms with van der Waals surface area (Å²) in [6, 6.07) is 4.80. The van der Waals surface area contributed by atoms with Crippen LogP contribution >= 0.6 is 11.3 Å². The van der Waals surface area contributed by atoms with E-state index >= 15 is 0 Å². The maximum Gasteiger partial charge on any atom is 0.286 e. The number of fused-ring (bicyclic) bond motifs is 1. The van der Waals surface area contributed by atoms with Gasteiger partial charge < -0.3 is 9.30 Å². The first-order chi connectivity index (χ1) is 11.5. The second-order valence-electron chi connectivity index (χ2n) is 5.01. The van der Waals surface area contributed by atoms with Gasteiger partial charge in [-0.2, -0.15) is 4.99 Å². The third-order valence-electron chi connectivity index (χ3n) is 3.38. The molecule has 3 rings (SSSR count). The van der Waals surface area contributed by atoms with Crippen molar-refractivity contribution in [3.8, 4) is 5.88 Å². The highest BCUT2D eigenvalue weighted by atomic mass is 32.1. The van der Waals surface area contributed by atoms with E-state index in [1.807, 2.05) is 0 Å². The van der Waals surface area contributed by atoms with E-state index < -0.39 is 5.91 Å². The topological polar surface area (TPSA) is 61.4 Å². The minimum Gasteiger partial charge on any atom is -0.479 e. The molecule has 0 aliphatic heterocycles. The fourth-order valence-electron chi connectivity index (χ4n) is 2.38. The zero-order valence-electron chi connectivity index (χ0n) is 13.2. The normalized spacial score (nSPS) is 11.9. The molecule has 0 aliphatic rings. The molecule has 8 heteroatoms. The van der Waals surface area contributed by atoms with E-state index in [2.05, 4.69) is 16.7 Å². The van der Waals surface area contributed by atoms with Crippen LogP contribution in [-0.4, -0.2) is 27.4 Å². The number of allylic oxidation sites excluding steroid dienone is 1. The molecule has 0 saturated carbocycles. The van der Waals surface area contributed by atoms with Gasteiger partial charge in [-0.25, -0.2) is 4.39 Å². The molecule has 0 spiro atoms. The molecule has 6 nitrogen and oxygen atoms in total. The first kappa shape index (κ1) is 16.1. The highest BCUT2D eigenvalue weighted by molar-refractivity contribution is 7.16. The van der Waals surface area contributed by atoms with Gasteiger partial charge >= 0.3 is 0 Å². The van der Waals surface area contributed by atoms with E-state index in [9.17, 15) is 9.18 Å². The maximum atomic E-state index is 14.2. The van der Waals surface area contributed by atoms with Gasteiger partial charge in [0.25, 0.3) is 5.91 Å². The summed E-state index contributed by atoms with van der Waals surface area (Å²) in [5, 5.41) is 4.04. The fraction of sp³-hybridized carbons (Fsp3) is 0.188. The molecule has 0 bridgehead atoms. The van der Waals surface area contributed by atoms with E-state index in [4.69, 9.17) is 4.74 Å². The molecule has 2 aromatic heterocycles. The molecule has 3 aromatic rings. The van der Waals surface area contributed by atoms with Crippen molar-refractivity contribution >= 4 is 27.5 Å². The third-order valence-corrected chi connectivity index (χ3v) is 4.42. The Morgan fingerprint density at radius 3 is 3.04 bits per heavy atom. The number of aryl methyl sites for hydroxylation is 1. The summed E-state index contributed by atoms with van der Waals surface area (Å²) in [4.78, 5) is 17.0. The molecule has 124 valence electrons. The largest absolute Gasteiger partial charge is 0.479 e. The van der Waals surface area contributed by atoms with Crippen LogP contribution in [0.5, 0.6) is 5.88 Å². The lowest BCUT2D eigenvalue weighted by atomic mass is 10.3. The highest BCUT2D eigenvalue weighted by Gasteiger charge is 2.17. The zero-order valence-corrected chi connectivity index (χ0v) is 14.0. The van der Waals surface area contributed by atoms with Crippen molar-refractivity contribution in [1.29, 1.82) is 0 Å². The summed E-state index contributed by atoms with van der Waals surface area (Å²) >= 11 is 1.24. The van der Waals surface area contributed by atoms with Crippen LogP contribution in [0.2, 0.25) is 0 Å². The Labute approximate surface area is 141 Å². The van der Waals surface area contributed by atoms with E-state index in [1.165, 1.54) is 35.4 Å². The summed E-state index contributed by atoms with van der Waals surface area (Å²) in [5.74, 6) is -0.656. The Bertz CT molecular complexity index is 999. The summed E-state index contributed by atoms with van der Waals surface area (Å²) in [5.41, 5.74) is 0.662. The smallest absolute Gasteiger partial charge is 0.286 e. The van der Waals surface area contributed by atoms with Crippen LogP contribution in [0.15, 0.2) is 42.0 Å². The van der Waals surface area contributed by atoms with Crippen molar-refractivity contribution in [1.82, 2.24) is 14.3 Å². The summed E-state index contributed by atoms with van der Waals surface area (Å²) in [6.45, 7) is 4.03. The molecule has 0 saturated heterocycles. The molecule has 24 heavy (non-hydrogen) atoms. The third kappa shape index (κ3) is 2.76. The van der Waals surface area contributed by atoms with Crippen LogP contribution < -0.4 is 9.54 Å². The highest BCUT2D eigenvalue weighted by Crippen LogP contribution is 2.21. The van der Waals surface area contributed by atoms with Gasteiger partial charge in [0.2, 0.25) is 5.88 Å². The van der Waals surface area contributed by atoms with Crippen molar-refractivity contribution in [2.75, 3.05) is 7.11 Å². The van der Waals surface area contributed by atoms with Gasteiger partial charge in [-0.3, -0.25) is 9.48 Å². The number of rotatable bonds is 4. The van der Waals surface area contributed by atoms with Crippen LogP contribution in [-0.2, 0) is 13.6 Å². The van der Waals surface area contributed by atoms with Crippen LogP contribution in [0.1, 0.15) is 10.4 Å². The Morgan fingerprint density at radius 1 is 1.54 bits per heavy atom. The van der Waals surface area contributed by atoms with Crippen molar-refractivity contribution in [2.45, 2.75) is 6.54 Å². The van der Waals surface area contributed by atoms with Gasteiger partial charge in [0.05, 0.1) is 17.3 Å². The monoisotopic (exact) mass is 346 g/mol. The average Bonchev–Trinajstić information content (AvgIpc) is 3.09. The van der Waals surface area contributed by atoms with Crippen molar-refractivity contribution in [3.63, 3.8) is 0 Å². The van der Waals surface area contributed by atoms with Gasteiger partial charge in [0.1, 0.15) is 11.4 Å². The molecule has 1 aromatic carbocycles. The van der Waals surface area contributed by atoms with Gasteiger partial charge in [-0.1, -0.05) is 23.5 Å². The van der Waals surface area contributed by atoms with E-state index in [1.54, 1.807) is 29.8 Å². The molecule has 0 unspecified atom stereocenters. The zero-order chi connectivity index (χ0) is 17.3. The van der Waals surface area contributed by atoms with Gasteiger partial charge in [0, 0.05) is 19.8 Å². The number of thiazole rings is 1. The number of amides is 1. The maximum absolute atomic E-state index is 14.2. The van der Waals surface area contributed by atoms with Crippen molar-refractivity contribution in [2.24, 2.45) is 12.0 Å². The standard InChI is InChI=1S/C16H15FN4O2S/c1-4-8-21-13-11(17)6-5-7-12(13)24-16(21)18-14(22)10-9-20(2)19-15(10)23-3/h4-7,9H,1,8H2,2-3H3. The predicted molar refractivity (Wildman–Crippen MR) is 89.6 cm³/mol. The second kappa shape index (κ2) is 6.40. The number of carbonyl (C=O) groups excluding carboxylic acids is 1. The molecule has 0 N–H and O–H groups in total. The summed E-state index contributed by atoms with van der Waals surface area (Å²) < 4.78 is 23.1. The lowest BCUT2D eigenvalue weighted by Gasteiger charge is -2.01. The second-order valence-corrected chi connectivity index (χ2v) is 6.02. The summed E-state index contributed by atoms with van der Waals surface area (Å²) in [6.07, 6.45) is 3.17. The van der Waals surface area contributed by atoms with Crippen LogP contribution in [0, 0.1) is 5.82 Å². The Morgan fingerprint density at radius 2 is 2.33 bits per heavy atom. The minimum absolute atomic E-state index is 0.203. The number of hydrogen-bond acceptors (Lipinski definition) is 4. The Balaban J connectivity index is 2.19. The SMILES string of the molecule is C=CCn1c(=NC(=O)c2cn(C)nc2OC)sc2cccc(F)c21. The average molecular weight is 346 g/mol. The molecular weight excluding hydrogens is 331 g/mol. The van der Waals surface area contributed by atoms with Gasteiger partial charge in [-0.15, -0.1) is 11.7 Å². The number of methoxy groups -OCH3 is 1. The number of carbonyl (C=O) groups is 1. The summed E-state index contributed by atoms with van der Waals surface area (Å²) in [7, 11) is 3.12. The quantitative estimate of drug-likeness (QED) is 0.682. The molecule has 0 fully saturated rings. The first-order valence-corrected chi connectivity index (χ1v) is 7.92. The number of ether oxygens (including phenoxy) is 1. The molecule has 2 heterocycles. The van der Waals surface area contributed by atoms with Crippen LogP contribution in [0.3, 0.4) is 0 Å². The van der Waals surface area contributed by atoms with Crippen LogP contribution in [0.4, 0.5) is 4.39 Å². The number of hydrogen-bond donors (Lipinski definition) is 0. The molecule has 0 atom stereocenters. The van der Waals surface area contributed by atoms with Crippen LogP contribution in [0.25, 0.3) is 10.2 Å². The minimum atomic E-state index is -0.496. The number of aromatic nitrogens is 3. The predicted octanol–water partition coefficient (Wildman–Crippen LogP) is 2.51. The number of para-hydroxylation sites is 1. The lowest BCUT2D eigenvalue weighted by molar-refractivity contribution is 0.0995.